The van der Waals surface area contributed by atoms with E-state index in [1.54, 1.807) is 0 Å². The number of methoxy groups -OCH3 is 1. The quantitative estimate of drug-likeness (QED) is 0.802. The normalized spacial score (nSPS) is 22.8. The monoisotopic (exact) mass is 312 g/mol. The van der Waals surface area contributed by atoms with Crippen molar-refractivity contribution >= 4 is 16.0 Å². The van der Waals surface area contributed by atoms with E-state index in [2.05, 4.69) is 14.8 Å². The highest BCUT2D eigenvalue weighted by Crippen LogP contribution is 2.16. The number of carbonyl (C=O) groups is 1. The molecular formula is C14H20N2O4S. The molecule has 0 amide bonds. The molecule has 0 aliphatic carbocycles. The number of sulfonamides is 1. The van der Waals surface area contributed by atoms with Crippen molar-refractivity contribution in [1.29, 1.82) is 0 Å². The SMILES string of the molecule is COC(=O)c1ccc(S(=O)(=O)NC2CNCCC2C)cc1. The zero-order chi connectivity index (χ0) is 15.5. The van der Waals surface area contributed by atoms with Crippen LogP contribution in [0.1, 0.15) is 23.7 Å². The summed E-state index contributed by atoms with van der Waals surface area (Å²) in [7, 11) is -2.30. The van der Waals surface area contributed by atoms with Crippen LogP contribution in [-0.4, -0.2) is 40.6 Å². The molecule has 21 heavy (non-hydrogen) atoms. The number of esters is 1. The lowest BCUT2D eigenvalue weighted by Gasteiger charge is -2.29. The molecule has 2 N–H and O–H groups in total. The molecule has 0 saturated carbocycles. The molecule has 1 fully saturated rings. The average Bonchev–Trinajstić information content (AvgIpc) is 2.49. The van der Waals surface area contributed by atoms with Gasteiger partial charge < -0.3 is 10.1 Å². The molecule has 0 aromatic heterocycles. The molecule has 1 aliphatic heterocycles. The summed E-state index contributed by atoms with van der Waals surface area (Å²) < 4.78 is 32.0. The van der Waals surface area contributed by atoms with Crippen molar-refractivity contribution in [3.05, 3.63) is 29.8 Å². The van der Waals surface area contributed by atoms with Crippen LogP contribution in [0.3, 0.4) is 0 Å². The fraction of sp³-hybridized carbons (Fsp3) is 0.500. The van der Waals surface area contributed by atoms with Crippen LogP contribution in [0.5, 0.6) is 0 Å². The molecule has 0 radical (unpaired) electrons. The Morgan fingerprint density at radius 1 is 1.33 bits per heavy atom. The molecule has 2 unspecified atom stereocenters. The second-order valence-electron chi connectivity index (χ2n) is 5.21. The van der Waals surface area contributed by atoms with Gasteiger partial charge in [0.2, 0.25) is 10.0 Å². The third-order valence-electron chi connectivity index (χ3n) is 3.72. The Morgan fingerprint density at radius 2 is 2.00 bits per heavy atom. The molecule has 0 spiro atoms. The van der Waals surface area contributed by atoms with E-state index in [-0.39, 0.29) is 16.9 Å². The highest BCUT2D eigenvalue weighted by molar-refractivity contribution is 7.89. The molecule has 1 heterocycles. The van der Waals surface area contributed by atoms with E-state index in [9.17, 15) is 13.2 Å². The molecular weight excluding hydrogens is 292 g/mol. The number of ether oxygens (including phenoxy) is 1. The van der Waals surface area contributed by atoms with Gasteiger partial charge in [-0.3, -0.25) is 0 Å². The maximum absolute atomic E-state index is 12.3. The first-order valence-electron chi connectivity index (χ1n) is 6.85. The van der Waals surface area contributed by atoms with Crippen molar-refractivity contribution in [3.8, 4) is 0 Å². The van der Waals surface area contributed by atoms with Gasteiger partial charge in [0.05, 0.1) is 17.6 Å². The van der Waals surface area contributed by atoms with Crippen molar-refractivity contribution in [1.82, 2.24) is 10.0 Å². The summed E-state index contributed by atoms with van der Waals surface area (Å²) in [6.07, 6.45) is 0.939. The van der Waals surface area contributed by atoms with E-state index in [0.29, 0.717) is 12.1 Å². The van der Waals surface area contributed by atoms with E-state index in [1.807, 2.05) is 6.92 Å². The van der Waals surface area contributed by atoms with E-state index < -0.39 is 16.0 Å². The van der Waals surface area contributed by atoms with Crippen LogP contribution >= 0.6 is 0 Å². The smallest absolute Gasteiger partial charge is 0.337 e. The third-order valence-corrected chi connectivity index (χ3v) is 5.23. The molecule has 1 saturated heterocycles. The van der Waals surface area contributed by atoms with Crippen molar-refractivity contribution in [2.75, 3.05) is 20.2 Å². The maximum atomic E-state index is 12.3. The summed E-state index contributed by atoms with van der Waals surface area (Å²) in [6.45, 7) is 3.57. The summed E-state index contributed by atoms with van der Waals surface area (Å²) in [6, 6.07) is 5.60. The third kappa shape index (κ3) is 3.81. The predicted molar refractivity (Wildman–Crippen MR) is 78.5 cm³/mol. The number of rotatable bonds is 4. The van der Waals surface area contributed by atoms with E-state index >= 15 is 0 Å². The zero-order valence-corrected chi connectivity index (χ0v) is 12.9. The van der Waals surface area contributed by atoms with Crippen LogP contribution in [0.4, 0.5) is 0 Å². The van der Waals surface area contributed by atoms with Gasteiger partial charge in [0.1, 0.15) is 0 Å². The van der Waals surface area contributed by atoms with Gasteiger partial charge in [-0.05, 0) is 43.1 Å². The van der Waals surface area contributed by atoms with Crippen LogP contribution in [0, 0.1) is 5.92 Å². The largest absolute Gasteiger partial charge is 0.465 e. The lowest BCUT2D eigenvalue weighted by Crippen LogP contribution is -2.50. The van der Waals surface area contributed by atoms with Crippen molar-refractivity contribution in [2.45, 2.75) is 24.3 Å². The molecule has 116 valence electrons. The maximum Gasteiger partial charge on any atom is 0.337 e. The minimum absolute atomic E-state index is 0.121. The van der Waals surface area contributed by atoms with Gasteiger partial charge in [0.25, 0.3) is 0 Å². The Kier molecular flexibility index (Phi) is 4.97. The average molecular weight is 312 g/mol. The summed E-state index contributed by atoms with van der Waals surface area (Å²) in [5.41, 5.74) is 0.323. The van der Waals surface area contributed by atoms with Crippen LogP contribution < -0.4 is 10.0 Å². The first-order valence-corrected chi connectivity index (χ1v) is 8.34. The number of piperidine rings is 1. The molecule has 2 atom stereocenters. The first-order chi connectivity index (χ1) is 9.94. The van der Waals surface area contributed by atoms with Crippen LogP contribution in [-0.2, 0) is 14.8 Å². The summed E-state index contributed by atoms with van der Waals surface area (Å²) in [5, 5.41) is 3.18. The van der Waals surface area contributed by atoms with Crippen molar-refractivity contribution < 1.29 is 17.9 Å². The molecule has 1 aromatic carbocycles. The Labute approximate surface area is 124 Å². The Bertz CT molecular complexity index is 598. The number of nitrogens with one attached hydrogen (secondary N) is 2. The molecule has 6 nitrogen and oxygen atoms in total. The number of hydrogen-bond acceptors (Lipinski definition) is 5. The van der Waals surface area contributed by atoms with Gasteiger partial charge in [-0.25, -0.2) is 17.9 Å². The Morgan fingerprint density at radius 3 is 2.57 bits per heavy atom. The van der Waals surface area contributed by atoms with E-state index in [0.717, 1.165) is 13.0 Å². The standard InChI is InChI=1S/C14H20N2O4S/c1-10-7-8-15-9-13(10)16-21(18,19)12-5-3-11(4-6-12)14(17)20-2/h3-6,10,13,15-16H,7-9H2,1-2H3. The Hall–Kier alpha value is -1.44. The summed E-state index contributed by atoms with van der Waals surface area (Å²) in [4.78, 5) is 11.5. The van der Waals surface area contributed by atoms with Gasteiger partial charge in [-0.1, -0.05) is 6.92 Å². The highest BCUT2D eigenvalue weighted by atomic mass is 32.2. The number of benzene rings is 1. The first kappa shape index (κ1) is 15.9. The molecule has 1 aliphatic rings. The minimum Gasteiger partial charge on any atom is -0.465 e. The topological polar surface area (TPSA) is 84.5 Å². The van der Waals surface area contributed by atoms with Crippen LogP contribution in [0.2, 0.25) is 0 Å². The van der Waals surface area contributed by atoms with Crippen molar-refractivity contribution in [2.24, 2.45) is 5.92 Å². The number of hydrogen-bond donors (Lipinski definition) is 2. The lowest BCUT2D eigenvalue weighted by atomic mass is 9.96. The lowest BCUT2D eigenvalue weighted by molar-refractivity contribution is 0.0600. The fourth-order valence-electron chi connectivity index (χ4n) is 2.30. The minimum atomic E-state index is -3.58. The summed E-state index contributed by atoms with van der Waals surface area (Å²) >= 11 is 0. The fourth-order valence-corrected chi connectivity index (χ4v) is 3.65. The van der Waals surface area contributed by atoms with Gasteiger partial charge in [0.15, 0.2) is 0 Å². The van der Waals surface area contributed by atoms with E-state index in [1.165, 1.54) is 31.4 Å². The van der Waals surface area contributed by atoms with Gasteiger partial charge >= 0.3 is 5.97 Å². The second-order valence-corrected chi connectivity index (χ2v) is 6.93. The van der Waals surface area contributed by atoms with Gasteiger partial charge in [-0.2, -0.15) is 0 Å². The predicted octanol–water partition coefficient (Wildman–Crippen LogP) is 0.749. The van der Waals surface area contributed by atoms with Crippen molar-refractivity contribution in [3.63, 3.8) is 0 Å². The number of carbonyl (C=O) groups excluding carboxylic acids is 1. The van der Waals surface area contributed by atoms with Gasteiger partial charge in [0, 0.05) is 12.6 Å². The summed E-state index contributed by atoms with van der Waals surface area (Å²) in [5.74, 6) is -0.202. The van der Waals surface area contributed by atoms with Gasteiger partial charge in [-0.15, -0.1) is 0 Å². The molecule has 7 heteroatoms. The second kappa shape index (κ2) is 6.55. The van der Waals surface area contributed by atoms with Crippen LogP contribution in [0.25, 0.3) is 0 Å². The molecule has 2 rings (SSSR count). The van der Waals surface area contributed by atoms with E-state index in [4.69, 9.17) is 0 Å². The molecule has 1 aromatic rings. The Balaban J connectivity index is 2.13. The molecule has 0 bridgehead atoms. The highest BCUT2D eigenvalue weighted by Gasteiger charge is 2.26. The van der Waals surface area contributed by atoms with Crippen LogP contribution in [0.15, 0.2) is 29.2 Å². The zero-order valence-electron chi connectivity index (χ0n) is 12.1.